The van der Waals surface area contributed by atoms with E-state index >= 15 is 0 Å². The number of carbonyl (C=O) groups is 3. The van der Waals surface area contributed by atoms with Crippen LogP contribution in [0.3, 0.4) is 0 Å². The van der Waals surface area contributed by atoms with E-state index in [9.17, 15) is 23.9 Å². The van der Waals surface area contributed by atoms with Gasteiger partial charge in [-0.15, -0.1) is 0 Å². The summed E-state index contributed by atoms with van der Waals surface area (Å²) >= 11 is 0. The van der Waals surface area contributed by atoms with Crippen molar-refractivity contribution in [2.24, 2.45) is 5.92 Å². The number of benzene rings is 2. The van der Waals surface area contributed by atoms with Crippen molar-refractivity contribution in [2.75, 3.05) is 11.4 Å². The lowest BCUT2D eigenvalue weighted by molar-refractivity contribution is -0.142. The van der Waals surface area contributed by atoms with Crippen LogP contribution >= 0.6 is 0 Å². The second kappa shape index (κ2) is 7.57. The van der Waals surface area contributed by atoms with Crippen LogP contribution in [0.4, 0.5) is 10.1 Å². The fraction of sp³-hybridized carbons (Fsp3) is 0.250. The van der Waals surface area contributed by atoms with Gasteiger partial charge in [0.25, 0.3) is 0 Å². The van der Waals surface area contributed by atoms with Crippen molar-refractivity contribution < 1.29 is 23.9 Å². The van der Waals surface area contributed by atoms with Crippen molar-refractivity contribution in [3.63, 3.8) is 0 Å². The highest BCUT2D eigenvalue weighted by Crippen LogP contribution is 2.27. The number of hydrogen-bond acceptors (Lipinski definition) is 3. The summed E-state index contributed by atoms with van der Waals surface area (Å²) in [6.45, 7) is 1.72. The summed E-state index contributed by atoms with van der Waals surface area (Å²) in [5.41, 5.74) is 1.38. The minimum absolute atomic E-state index is 0.0244. The predicted molar refractivity (Wildman–Crippen MR) is 96.6 cm³/mol. The van der Waals surface area contributed by atoms with Crippen LogP contribution in [0.5, 0.6) is 0 Å². The van der Waals surface area contributed by atoms with E-state index in [1.807, 2.05) is 0 Å². The Morgan fingerprint density at radius 2 is 1.93 bits per heavy atom. The van der Waals surface area contributed by atoms with E-state index in [1.165, 1.54) is 17.0 Å². The van der Waals surface area contributed by atoms with E-state index < -0.39 is 23.8 Å². The lowest BCUT2D eigenvalue weighted by Crippen LogP contribution is -2.38. The molecule has 1 saturated heterocycles. The number of aryl methyl sites for hydroxylation is 1. The van der Waals surface area contributed by atoms with Gasteiger partial charge in [-0.05, 0) is 36.2 Å². The molecular weight excluding hydrogens is 351 g/mol. The number of carboxylic acid groups (broad SMARTS) is 1. The quantitative estimate of drug-likeness (QED) is 0.846. The molecule has 2 aromatic carbocycles. The topological polar surface area (TPSA) is 86.7 Å². The lowest BCUT2D eigenvalue weighted by atomic mass is 10.0. The SMILES string of the molecule is Cc1cc(N2CC(C(=O)N[C@@H](C(=O)O)c3ccccc3)CC2=O)ccc1F. The van der Waals surface area contributed by atoms with Gasteiger partial charge in [0.05, 0.1) is 5.92 Å². The van der Waals surface area contributed by atoms with Crippen LogP contribution in [0.25, 0.3) is 0 Å². The Kier molecular flexibility index (Phi) is 5.21. The zero-order chi connectivity index (χ0) is 19.6. The third-order valence-corrected chi connectivity index (χ3v) is 4.62. The monoisotopic (exact) mass is 370 g/mol. The van der Waals surface area contributed by atoms with Gasteiger partial charge in [0, 0.05) is 18.7 Å². The second-order valence-electron chi connectivity index (χ2n) is 6.53. The van der Waals surface area contributed by atoms with Gasteiger partial charge in [-0.25, -0.2) is 9.18 Å². The number of carboxylic acids is 1. The minimum atomic E-state index is -1.18. The first-order valence-electron chi connectivity index (χ1n) is 8.51. The molecule has 0 aliphatic carbocycles. The summed E-state index contributed by atoms with van der Waals surface area (Å²) in [6.07, 6.45) is -0.0244. The molecule has 1 fully saturated rings. The number of nitrogens with one attached hydrogen (secondary N) is 1. The van der Waals surface area contributed by atoms with Gasteiger partial charge < -0.3 is 15.3 Å². The minimum Gasteiger partial charge on any atom is -0.479 e. The molecule has 1 unspecified atom stereocenters. The number of hydrogen-bond donors (Lipinski definition) is 2. The molecule has 0 saturated carbocycles. The zero-order valence-corrected chi connectivity index (χ0v) is 14.7. The van der Waals surface area contributed by atoms with Gasteiger partial charge in [0.1, 0.15) is 5.82 Å². The van der Waals surface area contributed by atoms with Crippen LogP contribution in [0.2, 0.25) is 0 Å². The van der Waals surface area contributed by atoms with Crippen LogP contribution in [0.15, 0.2) is 48.5 Å². The largest absolute Gasteiger partial charge is 0.479 e. The van der Waals surface area contributed by atoms with Gasteiger partial charge >= 0.3 is 5.97 Å². The van der Waals surface area contributed by atoms with Crippen LogP contribution in [0.1, 0.15) is 23.6 Å². The Morgan fingerprint density at radius 3 is 2.56 bits per heavy atom. The first-order valence-corrected chi connectivity index (χ1v) is 8.51. The molecule has 1 heterocycles. The number of anilines is 1. The van der Waals surface area contributed by atoms with Gasteiger partial charge in [-0.2, -0.15) is 0 Å². The van der Waals surface area contributed by atoms with Crippen molar-refractivity contribution >= 4 is 23.5 Å². The zero-order valence-electron chi connectivity index (χ0n) is 14.7. The number of amides is 2. The normalized spacial score (nSPS) is 17.6. The van der Waals surface area contributed by atoms with Gasteiger partial charge in [0.2, 0.25) is 11.8 Å². The molecule has 6 nitrogen and oxygen atoms in total. The molecule has 2 aromatic rings. The van der Waals surface area contributed by atoms with Crippen molar-refractivity contribution in [3.05, 3.63) is 65.5 Å². The van der Waals surface area contributed by atoms with E-state index in [2.05, 4.69) is 5.32 Å². The molecular formula is C20H19FN2O4. The third-order valence-electron chi connectivity index (χ3n) is 4.62. The number of rotatable bonds is 5. The first-order chi connectivity index (χ1) is 12.9. The van der Waals surface area contributed by atoms with E-state index in [-0.39, 0.29) is 24.7 Å². The standard InChI is InChI=1S/C20H19FN2O4/c1-12-9-15(7-8-16(12)21)23-11-14(10-17(23)24)19(25)22-18(20(26)27)13-5-3-2-4-6-13/h2-9,14,18H,10-11H2,1H3,(H,22,25)(H,26,27)/t14?,18-/m1/s1. The van der Waals surface area contributed by atoms with Crippen LogP contribution in [-0.2, 0) is 14.4 Å². The molecule has 140 valence electrons. The molecule has 2 N–H and O–H groups in total. The molecule has 0 spiro atoms. The fourth-order valence-electron chi connectivity index (χ4n) is 3.12. The lowest BCUT2D eigenvalue weighted by Gasteiger charge is -2.19. The Labute approximate surface area is 155 Å². The highest BCUT2D eigenvalue weighted by molar-refractivity contribution is 6.00. The van der Waals surface area contributed by atoms with Crippen LogP contribution in [-0.4, -0.2) is 29.4 Å². The summed E-state index contributed by atoms with van der Waals surface area (Å²) in [7, 11) is 0. The van der Waals surface area contributed by atoms with E-state index in [0.717, 1.165) is 0 Å². The van der Waals surface area contributed by atoms with Gasteiger partial charge in [-0.1, -0.05) is 30.3 Å². The average Bonchev–Trinajstić information content (AvgIpc) is 3.04. The Bertz CT molecular complexity index is 885. The highest BCUT2D eigenvalue weighted by Gasteiger charge is 2.37. The van der Waals surface area contributed by atoms with Crippen molar-refractivity contribution in [1.29, 1.82) is 0 Å². The number of aliphatic carboxylic acids is 1. The van der Waals surface area contributed by atoms with E-state index in [1.54, 1.807) is 43.3 Å². The number of carbonyl (C=O) groups excluding carboxylic acids is 2. The van der Waals surface area contributed by atoms with E-state index in [0.29, 0.717) is 16.8 Å². The molecule has 3 rings (SSSR count). The van der Waals surface area contributed by atoms with E-state index in [4.69, 9.17) is 0 Å². The summed E-state index contributed by atoms with van der Waals surface area (Å²) in [4.78, 5) is 37.8. The Balaban J connectivity index is 1.73. The predicted octanol–water partition coefficient (Wildman–Crippen LogP) is 2.43. The molecule has 2 amide bonds. The molecule has 7 heteroatoms. The number of nitrogens with zero attached hydrogens (tertiary/aromatic N) is 1. The van der Waals surface area contributed by atoms with Crippen molar-refractivity contribution in [3.8, 4) is 0 Å². The molecule has 1 aliphatic rings. The average molecular weight is 370 g/mol. The smallest absolute Gasteiger partial charge is 0.330 e. The third kappa shape index (κ3) is 3.97. The summed E-state index contributed by atoms with van der Waals surface area (Å²) in [6, 6.07) is 11.5. The van der Waals surface area contributed by atoms with Crippen LogP contribution < -0.4 is 10.2 Å². The van der Waals surface area contributed by atoms with Gasteiger partial charge in [-0.3, -0.25) is 9.59 Å². The number of halogens is 1. The molecule has 27 heavy (non-hydrogen) atoms. The fourth-order valence-corrected chi connectivity index (χ4v) is 3.12. The molecule has 0 aromatic heterocycles. The highest BCUT2D eigenvalue weighted by atomic mass is 19.1. The summed E-state index contributed by atoms with van der Waals surface area (Å²) in [5.74, 6) is -2.97. The maximum Gasteiger partial charge on any atom is 0.330 e. The van der Waals surface area contributed by atoms with Gasteiger partial charge in [0.15, 0.2) is 6.04 Å². The first kappa shape index (κ1) is 18.6. The maximum absolute atomic E-state index is 13.4. The van der Waals surface area contributed by atoms with Crippen molar-refractivity contribution in [2.45, 2.75) is 19.4 Å². The molecule has 0 bridgehead atoms. The Morgan fingerprint density at radius 1 is 1.22 bits per heavy atom. The van der Waals surface area contributed by atoms with Crippen LogP contribution in [0, 0.1) is 18.7 Å². The molecule has 2 atom stereocenters. The van der Waals surface area contributed by atoms with Crippen molar-refractivity contribution in [1.82, 2.24) is 5.32 Å². The molecule has 0 radical (unpaired) electrons. The Hall–Kier alpha value is -3.22. The summed E-state index contributed by atoms with van der Waals surface area (Å²) in [5, 5.41) is 11.9. The second-order valence-corrected chi connectivity index (χ2v) is 6.53. The molecule has 1 aliphatic heterocycles. The maximum atomic E-state index is 13.4. The summed E-state index contributed by atoms with van der Waals surface area (Å²) < 4.78 is 13.4.